The fourth-order valence-corrected chi connectivity index (χ4v) is 3.48. The maximum absolute atomic E-state index is 6.10. The molecule has 1 aliphatic rings. The summed E-state index contributed by atoms with van der Waals surface area (Å²) in [6.45, 7) is 1.99. The molecule has 0 spiro atoms. The average Bonchev–Trinajstić information content (AvgIpc) is 2.71. The van der Waals surface area contributed by atoms with Gasteiger partial charge in [0.1, 0.15) is 0 Å². The molecule has 0 saturated carbocycles. The van der Waals surface area contributed by atoms with Crippen LogP contribution < -0.4 is 5.32 Å². The third-order valence-corrected chi connectivity index (χ3v) is 5.03. The van der Waals surface area contributed by atoms with Crippen LogP contribution in [0.3, 0.4) is 0 Å². The van der Waals surface area contributed by atoms with Crippen molar-refractivity contribution < 1.29 is 0 Å². The molecule has 4 nitrogen and oxygen atoms in total. The number of pyridine rings is 1. The first-order chi connectivity index (χ1) is 13.1. The molecule has 140 valence electrons. The predicted molar refractivity (Wildman–Crippen MR) is 114 cm³/mol. The average molecular weight is 381 g/mol. The number of halogens is 1. The molecule has 5 heteroatoms. The quantitative estimate of drug-likeness (QED) is 0.795. The number of allylic oxidation sites excluding steroid dienone is 2. The van der Waals surface area contributed by atoms with Gasteiger partial charge in [-0.15, -0.1) is 0 Å². The van der Waals surface area contributed by atoms with E-state index in [-0.39, 0.29) is 0 Å². The number of aromatic nitrogens is 1. The van der Waals surface area contributed by atoms with Crippen LogP contribution in [0.25, 0.3) is 5.57 Å². The second-order valence-electron chi connectivity index (χ2n) is 6.56. The Balaban J connectivity index is 2.20. The second-order valence-corrected chi connectivity index (χ2v) is 6.99. The molecule has 2 heterocycles. The van der Waals surface area contributed by atoms with Crippen LogP contribution in [0.15, 0.2) is 71.1 Å². The Morgan fingerprint density at radius 2 is 1.81 bits per heavy atom. The van der Waals surface area contributed by atoms with Gasteiger partial charge in [0.25, 0.3) is 0 Å². The highest BCUT2D eigenvalue weighted by molar-refractivity contribution is 6.34. The summed E-state index contributed by atoms with van der Waals surface area (Å²) in [6, 6.07) is 11.9. The third kappa shape index (κ3) is 4.46. The fraction of sp³-hybridized carbons (Fsp3) is 0.273. The van der Waals surface area contributed by atoms with Gasteiger partial charge < -0.3 is 10.2 Å². The molecule has 1 aromatic heterocycles. The van der Waals surface area contributed by atoms with Gasteiger partial charge in [-0.05, 0) is 48.9 Å². The summed E-state index contributed by atoms with van der Waals surface area (Å²) in [5.74, 6) is 0. The molecule has 0 bridgehead atoms. The van der Waals surface area contributed by atoms with Gasteiger partial charge in [-0.3, -0.25) is 9.98 Å². The second kappa shape index (κ2) is 8.98. The van der Waals surface area contributed by atoms with Crippen LogP contribution in [0.5, 0.6) is 0 Å². The van der Waals surface area contributed by atoms with Crippen LogP contribution in [0.4, 0.5) is 0 Å². The largest absolute Gasteiger partial charge is 0.387 e. The number of nitrogens with one attached hydrogen (secondary N) is 1. The van der Waals surface area contributed by atoms with E-state index < -0.39 is 0 Å². The van der Waals surface area contributed by atoms with Crippen LogP contribution in [0.2, 0.25) is 5.02 Å². The molecule has 0 fully saturated rings. The summed E-state index contributed by atoms with van der Waals surface area (Å²) < 4.78 is 0. The normalized spacial score (nSPS) is 16.6. The highest BCUT2D eigenvalue weighted by Crippen LogP contribution is 2.29. The van der Waals surface area contributed by atoms with E-state index in [1.165, 1.54) is 5.57 Å². The molecule has 0 radical (unpaired) electrons. The van der Waals surface area contributed by atoms with Crippen molar-refractivity contribution in [3.05, 3.63) is 82.3 Å². The number of likely N-dealkylation sites (N-methyl/N-ethyl adjacent to an activating group) is 2. The van der Waals surface area contributed by atoms with E-state index in [0.717, 1.165) is 52.6 Å². The van der Waals surface area contributed by atoms with Gasteiger partial charge in [-0.2, -0.15) is 0 Å². The molecule has 1 aromatic carbocycles. The maximum Gasteiger partial charge on any atom is 0.0742 e. The Kier molecular flexibility index (Phi) is 6.43. The molecule has 1 aliphatic heterocycles. The Morgan fingerprint density at radius 3 is 2.37 bits per heavy atom. The molecule has 2 aromatic rings. The summed E-state index contributed by atoms with van der Waals surface area (Å²) in [4.78, 5) is 11.2. The SMILES string of the molecule is CN=C(/C(=C(\NC)C1=CCN(C)CC1)c1ccncc1)c1ccc(Cl)cc1. The van der Waals surface area contributed by atoms with E-state index in [4.69, 9.17) is 11.6 Å². The standard InChI is InChI=1S/C22H25ClN4/c1-24-21(17-4-6-19(23)7-5-17)20(16-8-12-26-13-9-16)22(25-2)18-10-14-27(3)15-11-18/h4-10,12-13,25H,11,14-15H2,1-3H3/b22-20-,24-21?. The molecule has 0 saturated heterocycles. The summed E-state index contributed by atoms with van der Waals surface area (Å²) in [7, 11) is 5.96. The molecule has 0 amide bonds. The highest BCUT2D eigenvalue weighted by Gasteiger charge is 2.21. The lowest BCUT2D eigenvalue weighted by atomic mass is 9.90. The minimum absolute atomic E-state index is 0.718. The van der Waals surface area contributed by atoms with Gasteiger partial charge >= 0.3 is 0 Å². The van der Waals surface area contributed by atoms with Crippen molar-refractivity contribution in [3.63, 3.8) is 0 Å². The predicted octanol–water partition coefficient (Wildman–Crippen LogP) is 4.05. The topological polar surface area (TPSA) is 40.5 Å². The lowest BCUT2D eigenvalue weighted by Gasteiger charge is -2.26. The lowest BCUT2D eigenvalue weighted by molar-refractivity contribution is 0.360. The number of aliphatic imine (C=N–C) groups is 1. The zero-order chi connectivity index (χ0) is 19.2. The van der Waals surface area contributed by atoms with Crippen LogP contribution >= 0.6 is 11.6 Å². The van der Waals surface area contributed by atoms with E-state index in [9.17, 15) is 0 Å². The van der Waals surface area contributed by atoms with Crippen LogP contribution in [0.1, 0.15) is 17.5 Å². The van der Waals surface area contributed by atoms with Crippen molar-refractivity contribution in [2.45, 2.75) is 6.42 Å². The van der Waals surface area contributed by atoms with E-state index >= 15 is 0 Å². The zero-order valence-corrected chi connectivity index (χ0v) is 16.8. The Labute approximate surface area is 166 Å². The Morgan fingerprint density at radius 1 is 1.11 bits per heavy atom. The maximum atomic E-state index is 6.10. The minimum Gasteiger partial charge on any atom is -0.387 e. The molecule has 0 atom stereocenters. The summed E-state index contributed by atoms with van der Waals surface area (Å²) >= 11 is 6.10. The van der Waals surface area contributed by atoms with Crippen molar-refractivity contribution in [2.75, 3.05) is 34.2 Å². The number of hydrogen-bond donors (Lipinski definition) is 1. The Hall–Kier alpha value is -2.43. The monoisotopic (exact) mass is 380 g/mol. The minimum atomic E-state index is 0.718. The van der Waals surface area contributed by atoms with Crippen LogP contribution in [-0.2, 0) is 0 Å². The molecular formula is C22H25ClN4. The van der Waals surface area contributed by atoms with Gasteiger partial charge in [-0.1, -0.05) is 29.8 Å². The molecule has 0 aliphatic carbocycles. The van der Waals surface area contributed by atoms with Crippen LogP contribution in [-0.4, -0.2) is 49.8 Å². The Bertz CT molecular complexity index is 867. The van der Waals surface area contributed by atoms with Gasteiger partial charge in [0.05, 0.1) is 5.71 Å². The van der Waals surface area contributed by atoms with E-state index in [1.54, 1.807) is 0 Å². The van der Waals surface area contributed by atoms with Crippen molar-refractivity contribution in [3.8, 4) is 0 Å². The first kappa shape index (κ1) is 19.3. The summed E-state index contributed by atoms with van der Waals surface area (Å²) in [6.07, 6.45) is 6.94. The summed E-state index contributed by atoms with van der Waals surface area (Å²) in [5.41, 5.74) is 6.57. The van der Waals surface area contributed by atoms with E-state index in [2.05, 4.69) is 33.3 Å². The van der Waals surface area contributed by atoms with Crippen molar-refractivity contribution in [1.82, 2.24) is 15.2 Å². The highest BCUT2D eigenvalue weighted by atomic mass is 35.5. The number of hydrogen-bond acceptors (Lipinski definition) is 4. The summed E-state index contributed by atoms with van der Waals surface area (Å²) in [5, 5.41) is 4.16. The molecule has 27 heavy (non-hydrogen) atoms. The van der Waals surface area contributed by atoms with E-state index in [1.807, 2.05) is 62.9 Å². The number of nitrogens with zero attached hydrogens (tertiary/aromatic N) is 3. The molecule has 3 rings (SSSR count). The van der Waals surface area contributed by atoms with Gasteiger partial charge in [0, 0.05) is 61.4 Å². The zero-order valence-electron chi connectivity index (χ0n) is 16.0. The van der Waals surface area contributed by atoms with Crippen LogP contribution in [0, 0.1) is 0 Å². The van der Waals surface area contributed by atoms with Gasteiger partial charge in [0.2, 0.25) is 0 Å². The van der Waals surface area contributed by atoms with Crippen molar-refractivity contribution >= 4 is 22.9 Å². The third-order valence-electron chi connectivity index (χ3n) is 4.78. The van der Waals surface area contributed by atoms with Crippen molar-refractivity contribution in [1.29, 1.82) is 0 Å². The number of rotatable bonds is 5. The van der Waals surface area contributed by atoms with Crippen molar-refractivity contribution in [2.24, 2.45) is 4.99 Å². The molecular weight excluding hydrogens is 356 g/mol. The smallest absolute Gasteiger partial charge is 0.0742 e. The fourth-order valence-electron chi connectivity index (χ4n) is 3.35. The number of benzene rings is 1. The molecule has 1 N–H and O–H groups in total. The molecule has 0 unspecified atom stereocenters. The first-order valence-corrected chi connectivity index (χ1v) is 9.45. The van der Waals surface area contributed by atoms with Gasteiger partial charge in [0.15, 0.2) is 0 Å². The van der Waals surface area contributed by atoms with Gasteiger partial charge in [-0.25, -0.2) is 0 Å². The first-order valence-electron chi connectivity index (χ1n) is 9.07. The lowest BCUT2D eigenvalue weighted by Crippen LogP contribution is -2.27. The van der Waals surface area contributed by atoms with E-state index in [0.29, 0.717) is 0 Å².